The fraction of sp³-hybridized carbons (Fsp3) is 0.480. The summed E-state index contributed by atoms with van der Waals surface area (Å²) in [5.41, 5.74) is 2.44. The van der Waals surface area contributed by atoms with Gasteiger partial charge in [0, 0.05) is 71.0 Å². The first-order valence-electron chi connectivity index (χ1n) is 11.2. The lowest BCUT2D eigenvalue weighted by molar-refractivity contribution is 0.190. The van der Waals surface area contributed by atoms with Crippen molar-refractivity contribution in [3.05, 3.63) is 53.8 Å². The standard InChI is InChI=1S/C25H36FN3O4/c1-6-28(7-2)25(30)27(3)22-10-8-20(9-11-22)19-33-24-17-21(26)16-23(18-24)29(12-14-31-4)13-15-32-5/h8-11,16-18H,6-7,12-15,19H2,1-5H3. The average Bonchev–Trinajstić information content (AvgIpc) is 2.83. The van der Waals surface area contributed by atoms with Crippen LogP contribution in [0.3, 0.4) is 0 Å². The molecule has 0 unspecified atom stereocenters. The second-order valence-corrected chi connectivity index (χ2v) is 7.59. The van der Waals surface area contributed by atoms with Crippen LogP contribution in [-0.4, -0.2) is 71.6 Å². The number of nitrogens with zero attached hydrogens (tertiary/aromatic N) is 3. The molecular weight excluding hydrogens is 425 g/mol. The highest BCUT2D eigenvalue weighted by atomic mass is 19.1. The molecule has 0 heterocycles. The molecule has 33 heavy (non-hydrogen) atoms. The van der Waals surface area contributed by atoms with Crippen LogP contribution in [0.15, 0.2) is 42.5 Å². The van der Waals surface area contributed by atoms with Gasteiger partial charge in [0.25, 0.3) is 0 Å². The topological polar surface area (TPSA) is 54.5 Å². The minimum atomic E-state index is -0.366. The average molecular weight is 462 g/mol. The number of carbonyl (C=O) groups excluding carboxylic acids is 1. The molecule has 0 saturated heterocycles. The maximum Gasteiger partial charge on any atom is 0.324 e. The molecule has 0 radical (unpaired) electrons. The molecule has 8 heteroatoms. The predicted molar refractivity (Wildman–Crippen MR) is 130 cm³/mol. The number of methoxy groups -OCH3 is 2. The van der Waals surface area contributed by atoms with Gasteiger partial charge in [-0.15, -0.1) is 0 Å². The van der Waals surface area contributed by atoms with Crippen LogP contribution in [0.2, 0.25) is 0 Å². The Morgan fingerprint density at radius 3 is 2.06 bits per heavy atom. The van der Waals surface area contributed by atoms with Gasteiger partial charge in [-0.25, -0.2) is 9.18 Å². The number of urea groups is 1. The van der Waals surface area contributed by atoms with Crippen molar-refractivity contribution in [2.45, 2.75) is 20.5 Å². The van der Waals surface area contributed by atoms with Gasteiger partial charge in [0.05, 0.1) is 13.2 Å². The van der Waals surface area contributed by atoms with E-state index >= 15 is 0 Å². The molecule has 0 atom stereocenters. The number of amides is 2. The summed E-state index contributed by atoms with van der Waals surface area (Å²) in [7, 11) is 5.04. The Labute approximate surface area is 196 Å². The zero-order valence-corrected chi connectivity index (χ0v) is 20.3. The number of hydrogen-bond donors (Lipinski definition) is 0. The quantitative estimate of drug-likeness (QED) is 0.443. The Morgan fingerprint density at radius 2 is 1.52 bits per heavy atom. The van der Waals surface area contributed by atoms with E-state index in [1.165, 1.54) is 12.1 Å². The van der Waals surface area contributed by atoms with Crippen LogP contribution < -0.4 is 14.5 Å². The van der Waals surface area contributed by atoms with Gasteiger partial charge >= 0.3 is 6.03 Å². The maximum atomic E-state index is 14.3. The minimum Gasteiger partial charge on any atom is -0.489 e. The Hall–Kier alpha value is -2.84. The van der Waals surface area contributed by atoms with Gasteiger partial charge in [0.15, 0.2) is 0 Å². The van der Waals surface area contributed by atoms with E-state index in [1.807, 2.05) is 49.1 Å². The second-order valence-electron chi connectivity index (χ2n) is 7.59. The van der Waals surface area contributed by atoms with Gasteiger partial charge in [-0.2, -0.15) is 0 Å². The molecule has 0 fully saturated rings. The number of benzene rings is 2. The summed E-state index contributed by atoms with van der Waals surface area (Å²) in [5, 5.41) is 0. The SMILES string of the molecule is CCN(CC)C(=O)N(C)c1ccc(COc2cc(F)cc(N(CCOC)CCOC)c2)cc1. The summed E-state index contributed by atoms with van der Waals surface area (Å²) in [6.45, 7) is 7.80. The zero-order chi connectivity index (χ0) is 24.2. The molecule has 0 aliphatic heterocycles. The zero-order valence-electron chi connectivity index (χ0n) is 20.3. The van der Waals surface area contributed by atoms with Crippen molar-refractivity contribution in [2.75, 3.05) is 70.5 Å². The number of carbonyl (C=O) groups is 1. The van der Waals surface area contributed by atoms with E-state index in [-0.39, 0.29) is 18.5 Å². The van der Waals surface area contributed by atoms with Crippen LogP contribution in [-0.2, 0) is 16.1 Å². The fourth-order valence-electron chi connectivity index (χ4n) is 3.39. The molecule has 0 aliphatic carbocycles. The van der Waals surface area contributed by atoms with Crippen molar-refractivity contribution in [3.63, 3.8) is 0 Å². The molecule has 0 bridgehead atoms. The highest BCUT2D eigenvalue weighted by molar-refractivity contribution is 5.91. The number of halogens is 1. The third-order valence-electron chi connectivity index (χ3n) is 5.40. The summed E-state index contributed by atoms with van der Waals surface area (Å²) in [4.78, 5) is 17.9. The van der Waals surface area contributed by atoms with Crippen molar-refractivity contribution in [2.24, 2.45) is 0 Å². The Bertz CT molecular complexity index is 851. The van der Waals surface area contributed by atoms with Crippen molar-refractivity contribution in [1.29, 1.82) is 0 Å². The minimum absolute atomic E-state index is 0.0391. The number of hydrogen-bond acceptors (Lipinski definition) is 5. The first kappa shape index (κ1) is 26.4. The molecule has 2 aromatic carbocycles. The van der Waals surface area contributed by atoms with Crippen LogP contribution in [0.4, 0.5) is 20.6 Å². The van der Waals surface area contributed by atoms with Gasteiger partial charge in [-0.3, -0.25) is 4.90 Å². The molecule has 2 rings (SSSR count). The lowest BCUT2D eigenvalue weighted by atomic mass is 10.2. The second kappa shape index (κ2) is 13.6. The highest BCUT2D eigenvalue weighted by Crippen LogP contribution is 2.25. The smallest absolute Gasteiger partial charge is 0.324 e. The van der Waals surface area contributed by atoms with Gasteiger partial charge < -0.3 is 24.0 Å². The molecule has 0 N–H and O–H groups in total. The molecule has 2 aromatic rings. The molecule has 2 amide bonds. The van der Waals surface area contributed by atoms with E-state index in [0.29, 0.717) is 50.8 Å². The van der Waals surface area contributed by atoms with E-state index in [0.717, 1.165) is 11.3 Å². The molecule has 0 aromatic heterocycles. The molecule has 0 aliphatic rings. The number of ether oxygens (including phenoxy) is 3. The van der Waals surface area contributed by atoms with E-state index < -0.39 is 0 Å². The van der Waals surface area contributed by atoms with Gasteiger partial charge in [-0.1, -0.05) is 12.1 Å². The van der Waals surface area contributed by atoms with E-state index in [2.05, 4.69) is 0 Å². The van der Waals surface area contributed by atoms with Crippen LogP contribution >= 0.6 is 0 Å². The summed E-state index contributed by atoms with van der Waals surface area (Å²) in [5.74, 6) is 0.0805. The van der Waals surface area contributed by atoms with Crippen molar-refractivity contribution < 1.29 is 23.4 Å². The maximum absolute atomic E-state index is 14.3. The van der Waals surface area contributed by atoms with Crippen molar-refractivity contribution in [3.8, 4) is 5.75 Å². The van der Waals surface area contributed by atoms with Crippen LogP contribution in [0.1, 0.15) is 19.4 Å². The molecule has 0 saturated carbocycles. The fourth-order valence-corrected chi connectivity index (χ4v) is 3.39. The van der Waals surface area contributed by atoms with Gasteiger partial charge in [-0.05, 0) is 37.6 Å². The largest absolute Gasteiger partial charge is 0.489 e. The molecule has 182 valence electrons. The Balaban J connectivity index is 2.06. The first-order valence-corrected chi connectivity index (χ1v) is 11.2. The van der Waals surface area contributed by atoms with Crippen LogP contribution in [0.5, 0.6) is 5.75 Å². The Kier molecular flexibility index (Phi) is 10.9. The third-order valence-corrected chi connectivity index (χ3v) is 5.40. The van der Waals surface area contributed by atoms with Gasteiger partial charge in [0.1, 0.15) is 18.2 Å². The van der Waals surface area contributed by atoms with Crippen LogP contribution in [0, 0.1) is 5.82 Å². The highest BCUT2D eigenvalue weighted by Gasteiger charge is 2.16. The summed E-state index contributed by atoms with van der Waals surface area (Å²) in [6, 6.07) is 12.2. The monoisotopic (exact) mass is 461 g/mol. The summed E-state index contributed by atoms with van der Waals surface area (Å²) in [6.07, 6.45) is 0. The molecular formula is C25H36FN3O4. The van der Waals surface area contributed by atoms with E-state index in [4.69, 9.17) is 14.2 Å². The van der Waals surface area contributed by atoms with Crippen molar-refractivity contribution >= 4 is 17.4 Å². The summed E-state index contributed by atoms with van der Waals surface area (Å²) >= 11 is 0. The first-order chi connectivity index (χ1) is 15.9. The Morgan fingerprint density at radius 1 is 0.909 bits per heavy atom. The lowest BCUT2D eigenvalue weighted by Gasteiger charge is -2.26. The number of rotatable bonds is 13. The lowest BCUT2D eigenvalue weighted by Crippen LogP contribution is -2.41. The van der Waals surface area contributed by atoms with Crippen molar-refractivity contribution in [1.82, 2.24) is 4.90 Å². The molecule has 0 spiro atoms. The molecule has 7 nitrogen and oxygen atoms in total. The number of anilines is 2. The van der Waals surface area contributed by atoms with E-state index in [1.54, 1.807) is 31.1 Å². The summed E-state index contributed by atoms with van der Waals surface area (Å²) < 4.78 is 30.5. The van der Waals surface area contributed by atoms with E-state index in [9.17, 15) is 9.18 Å². The normalized spacial score (nSPS) is 10.7. The van der Waals surface area contributed by atoms with Crippen LogP contribution in [0.25, 0.3) is 0 Å². The van der Waals surface area contributed by atoms with Gasteiger partial charge in [0.2, 0.25) is 0 Å². The third kappa shape index (κ3) is 7.91. The predicted octanol–water partition coefficient (Wildman–Crippen LogP) is 4.40.